The summed E-state index contributed by atoms with van der Waals surface area (Å²) in [5.41, 5.74) is 2.67. The maximum Gasteiger partial charge on any atom is 0.295 e. The lowest BCUT2D eigenvalue weighted by molar-refractivity contribution is -0.115. The lowest BCUT2D eigenvalue weighted by Gasteiger charge is -2.14. The summed E-state index contributed by atoms with van der Waals surface area (Å²) in [6.45, 7) is 3.52. The largest absolute Gasteiger partial charge is 0.496 e. The Balaban J connectivity index is 1.31. The molecule has 3 N–H and O–H groups in total. The third-order valence-electron chi connectivity index (χ3n) is 7.54. The number of rotatable bonds is 11. The number of carbonyl (C=O) groups excluding carboxylic acids is 3. The van der Waals surface area contributed by atoms with E-state index in [-0.39, 0.29) is 22.9 Å². The standard InChI is InChI=1S/C37H35N5O5S/c1-24-33(37(46)42(41(24)3)29-18-9-6-10-19-29)40-34(43)25(2)48-30-20-13-17-28(23-30)38-36(45)31(22-27-16-11-12-21-32(27)47-4)39-35(44)26-14-7-5-8-15-26/h5-23,25H,1-4H3,(H,38,45)(H,39,44)(H,40,43)/b31-22+. The molecule has 0 bridgehead atoms. The molecule has 3 amide bonds. The van der Waals surface area contributed by atoms with Crippen molar-refractivity contribution in [3.63, 3.8) is 0 Å². The van der Waals surface area contributed by atoms with Gasteiger partial charge >= 0.3 is 0 Å². The van der Waals surface area contributed by atoms with E-state index in [1.807, 2.05) is 42.5 Å². The van der Waals surface area contributed by atoms with Crippen LogP contribution in [0.3, 0.4) is 0 Å². The summed E-state index contributed by atoms with van der Waals surface area (Å²) < 4.78 is 8.65. The average Bonchev–Trinajstić information content (AvgIpc) is 3.31. The molecule has 5 aromatic rings. The number of carbonyl (C=O) groups is 3. The van der Waals surface area contributed by atoms with Crippen LogP contribution in [-0.4, -0.2) is 39.4 Å². The van der Waals surface area contributed by atoms with Crippen LogP contribution in [0.2, 0.25) is 0 Å². The van der Waals surface area contributed by atoms with Gasteiger partial charge in [-0.15, -0.1) is 11.8 Å². The fourth-order valence-electron chi connectivity index (χ4n) is 4.92. The predicted molar refractivity (Wildman–Crippen MR) is 190 cm³/mol. The van der Waals surface area contributed by atoms with Gasteiger partial charge in [-0.25, -0.2) is 4.68 Å². The highest BCUT2D eigenvalue weighted by Gasteiger charge is 2.22. The Kier molecular flexibility index (Phi) is 10.6. The van der Waals surface area contributed by atoms with Gasteiger partial charge in [0.15, 0.2) is 0 Å². The number of ether oxygens (including phenoxy) is 1. The molecule has 5 rings (SSSR count). The van der Waals surface area contributed by atoms with Gasteiger partial charge in [0.1, 0.15) is 17.1 Å². The van der Waals surface area contributed by atoms with Crippen LogP contribution in [0, 0.1) is 6.92 Å². The molecule has 10 nitrogen and oxygen atoms in total. The molecule has 4 aromatic carbocycles. The van der Waals surface area contributed by atoms with Crippen LogP contribution >= 0.6 is 11.8 Å². The lowest BCUT2D eigenvalue weighted by atomic mass is 10.1. The molecule has 48 heavy (non-hydrogen) atoms. The molecule has 0 aliphatic carbocycles. The Morgan fingerprint density at radius 3 is 2.23 bits per heavy atom. The normalized spacial score (nSPS) is 11.8. The first kappa shape index (κ1) is 33.6. The summed E-state index contributed by atoms with van der Waals surface area (Å²) in [6, 6.07) is 32.0. The fourth-order valence-corrected chi connectivity index (χ4v) is 5.85. The summed E-state index contributed by atoms with van der Waals surface area (Å²) in [5, 5.41) is 7.82. The summed E-state index contributed by atoms with van der Waals surface area (Å²) >= 11 is 1.28. The van der Waals surface area contributed by atoms with E-state index in [0.717, 1.165) is 0 Å². The molecule has 1 unspecified atom stereocenters. The van der Waals surface area contributed by atoms with Crippen molar-refractivity contribution >= 4 is 46.9 Å². The number of nitrogens with zero attached hydrogens (tertiary/aromatic N) is 2. The zero-order valence-electron chi connectivity index (χ0n) is 26.9. The van der Waals surface area contributed by atoms with Gasteiger partial charge in [-0.05, 0) is 68.5 Å². The maximum absolute atomic E-state index is 13.6. The van der Waals surface area contributed by atoms with E-state index in [1.165, 1.54) is 23.6 Å². The van der Waals surface area contributed by atoms with Crippen molar-refractivity contribution in [3.8, 4) is 11.4 Å². The molecule has 1 heterocycles. The molecule has 0 aliphatic rings. The second-order valence-corrected chi connectivity index (χ2v) is 12.2. The van der Waals surface area contributed by atoms with Gasteiger partial charge < -0.3 is 20.7 Å². The first-order chi connectivity index (χ1) is 23.2. The number of benzene rings is 4. The van der Waals surface area contributed by atoms with Crippen LogP contribution in [0.25, 0.3) is 11.8 Å². The average molecular weight is 662 g/mol. The molecule has 0 aliphatic heterocycles. The number of thioether (sulfide) groups is 1. The minimum Gasteiger partial charge on any atom is -0.496 e. The van der Waals surface area contributed by atoms with Gasteiger partial charge in [0.05, 0.1) is 23.7 Å². The molecule has 1 aromatic heterocycles. The second-order valence-electron chi connectivity index (χ2n) is 10.8. The molecule has 0 radical (unpaired) electrons. The van der Waals surface area contributed by atoms with E-state index in [1.54, 1.807) is 98.4 Å². The number of nitrogens with one attached hydrogen (secondary N) is 3. The number of hydrogen-bond acceptors (Lipinski definition) is 6. The van der Waals surface area contributed by atoms with Gasteiger partial charge in [-0.3, -0.25) is 23.9 Å². The molecule has 0 saturated carbocycles. The van der Waals surface area contributed by atoms with Gasteiger partial charge in [0.2, 0.25) is 5.91 Å². The molecular weight excluding hydrogens is 627 g/mol. The Hall–Kier alpha value is -5.81. The zero-order chi connectivity index (χ0) is 34.2. The van der Waals surface area contributed by atoms with Crippen LogP contribution in [-0.2, 0) is 16.6 Å². The summed E-state index contributed by atoms with van der Waals surface area (Å²) in [7, 11) is 3.29. The molecule has 11 heteroatoms. The number of amides is 3. The maximum atomic E-state index is 13.6. The summed E-state index contributed by atoms with van der Waals surface area (Å²) in [5.74, 6) is -0.800. The Labute approximate surface area is 282 Å². The van der Waals surface area contributed by atoms with Crippen LogP contribution < -0.4 is 26.2 Å². The van der Waals surface area contributed by atoms with Crippen molar-refractivity contribution in [2.45, 2.75) is 24.0 Å². The Morgan fingerprint density at radius 1 is 0.854 bits per heavy atom. The van der Waals surface area contributed by atoms with Gasteiger partial charge in [-0.1, -0.05) is 60.7 Å². The zero-order valence-corrected chi connectivity index (χ0v) is 27.7. The van der Waals surface area contributed by atoms with Crippen LogP contribution in [0.15, 0.2) is 125 Å². The van der Waals surface area contributed by atoms with Gasteiger partial charge in [0.25, 0.3) is 17.4 Å². The molecule has 0 saturated heterocycles. The van der Waals surface area contributed by atoms with Crippen LogP contribution in [0.4, 0.5) is 11.4 Å². The number of hydrogen-bond donors (Lipinski definition) is 3. The second kappa shape index (κ2) is 15.2. The van der Waals surface area contributed by atoms with E-state index < -0.39 is 17.1 Å². The van der Waals surface area contributed by atoms with Gasteiger partial charge in [0, 0.05) is 28.8 Å². The highest BCUT2D eigenvalue weighted by atomic mass is 32.2. The first-order valence-corrected chi connectivity index (χ1v) is 16.0. The van der Waals surface area contributed by atoms with Crippen molar-refractivity contribution in [1.29, 1.82) is 0 Å². The van der Waals surface area contributed by atoms with Crippen molar-refractivity contribution < 1.29 is 19.1 Å². The molecule has 1 atom stereocenters. The Morgan fingerprint density at radius 2 is 1.52 bits per heavy atom. The molecule has 0 fully saturated rings. The smallest absolute Gasteiger partial charge is 0.295 e. The quantitative estimate of drug-likeness (QED) is 0.118. The minimum absolute atomic E-state index is 0.0125. The van der Waals surface area contributed by atoms with E-state index in [9.17, 15) is 19.2 Å². The molecule has 0 spiro atoms. The first-order valence-electron chi connectivity index (χ1n) is 15.1. The number of para-hydroxylation sites is 2. The highest BCUT2D eigenvalue weighted by Crippen LogP contribution is 2.27. The van der Waals surface area contributed by atoms with E-state index in [2.05, 4.69) is 16.0 Å². The van der Waals surface area contributed by atoms with Crippen LogP contribution in [0.5, 0.6) is 5.75 Å². The van der Waals surface area contributed by atoms with E-state index in [0.29, 0.717) is 38.8 Å². The topological polar surface area (TPSA) is 123 Å². The highest BCUT2D eigenvalue weighted by molar-refractivity contribution is 8.00. The third-order valence-corrected chi connectivity index (χ3v) is 8.64. The number of aromatic nitrogens is 2. The third kappa shape index (κ3) is 7.76. The van der Waals surface area contributed by atoms with E-state index in [4.69, 9.17) is 4.74 Å². The lowest BCUT2D eigenvalue weighted by Crippen LogP contribution is -2.30. The summed E-state index contributed by atoms with van der Waals surface area (Å²) in [6.07, 6.45) is 1.55. The molecule has 244 valence electrons. The fraction of sp³-hybridized carbons (Fsp3) is 0.135. The minimum atomic E-state index is -0.578. The van der Waals surface area contributed by atoms with E-state index >= 15 is 0 Å². The van der Waals surface area contributed by atoms with Gasteiger partial charge in [-0.2, -0.15) is 0 Å². The molecular formula is C37H35N5O5S. The van der Waals surface area contributed by atoms with Crippen molar-refractivity contribution in [2.75, 3.05) is 17.7 Å². The monoisotopic (exact) mass is 661 g/mol. The SMILES string of the molecule is COc1ccccc1/C=C(/NC(=O)c1ccccc1)C(=O)Nc1cccc(SC(C)C(=O)Nc2c(C)n(C)n(-c3ccccc3)c2=O)c1. The summed E-state index contributed by atoms with van der Waals surface area (Å²) in [4.78, 5) is 53.9. The Bertz CT molecular complexity index is 2040. The number of methoxy groups -OCH3 is 1. The number of anilines is 2. The predicted octanol–water partition coefficient (Wildman–Crippen LogP) is 6.02. The van der Waals surface area contributed by atoms with Crippen molar-refractivity contribution in [1.82, 2.24) is 14.7 Å². The van der Waals surface area contributed by atoms with Crippen LogP contribution in [0.1, 0.15) is 28.5 Å². The van der Waals surface area contributed by atoms with Crippen molar-refractivity contribution in [3.05, 3.63) is 142 Å². The van der Waals surface area contributed by atoms with Crippen molar-refractivity contribution in [2.24, 2.45) is 7.05 Å².